The number of ether oxygens (including phenoxy) is 1. The van der Waals surface area contributed by atoms with Crippen molar-refractivity contribution in [2.75, 3.05) is 32.1 Å². The predicted molar refractivity (Wildman–Crippen MR) is 140 cm³/mol. The van der Waals surface area contributed by atoms with Crippen LogP contribution in [0, 0.1) is 29.5 Å². The van der Waals surface area contributed by atoms with Crippen molar-refractivity contribution < 1.29 is 23.8 Å². The highest BCUT2D eigenvalue weighted by Crippen LogP contribution is 2.27. The van der Waals surface area contributed by atoms with Gasteiger partial charge in [-0.05, 0) is 37.1 Å². The van der Waals surface area contributed by atoms with Gasteiger partial charge in [0.1, 0.15) is 17.5 Å². The topological polar surface area (TPSA) is 95.0 Å². The minimum absolute atomic E-state index is 0.157. The van der Waals surface area contributed by atoms with Crippen molar-refractivity contribution in [3.63, 3.8) is 0 Å². The first-order valence-corrected chi connectivity index (χ1v) is 12.4. The molecule has 1 aliphatic rings. The van der Waals surface area contributed by atoms with E-state index in [1.807, 2.05) is 6.92 Å². The summed E-state index contributed by atoms with van der Waals surface area (Å²) in [6, 6.07) is 6.48. The molecule has 3 amide bonds. The van der Waals surface area contributed by atoms with E-state index in [0.717, 1.165) is 6.42 Å². The summed E-state index contributed by atoms with van der Waals surface area (Å²) in [6.45, 7) is 8.16. The van der Waals surface area contributed by atoms with Gasteiger partial charge < -0.3 is 25.0 Å². The molecule has 2 heterocycles. The highest BCUT2D eigenvalue weighted by molar-refractivity contribution is 5.97. The van der Waals surface area contributed by atoms with Crippen molar-refractivity contribution in [3.05, 3.63) is 53.5 Å². The summed E-state index contributed by atoms with van der Waals surface area (Å²) in [5, 5.41) is 12.5. The summed E-state index contributed by atoms with van der Waals surface area (Å²) in [7, 11) is 1.62. The molecular formula is C28H35FN4O4. The molecule has 1 aromatic heterocycles. The van der Waals surface area contributed by atoms with Crippen LogP contribution in [0.5, 0.6) is 5.88 Å². The summed E-state index contributed by atoms with van der Waals surface area (Å²) in [5.41, 5.74) is 1.21. The molecule has 2 N–H and O–H groups in total. The first kappa shape index (κ1) is 27.9. The summed E-state index contributed by atoms with van der Waals surface area (Å²) < 4.78 is 19.7. The molecule has 0 fully saturated rings. The van der Waals surface area contributed by atoms with Gasteiger partial charge in [0.15, 0.2) is 0 Å². The number of hydrogen-bond acceptors (Lipinski definition) is 5. The maximum absolute atomic E-state index is 13.5. The van der Waals surface area contributed by atoms with Gasteiger partial charge in [0.25, 0.3) is 5.91 Å². The highest BCUT2D eigenvalue weighted by atomic mass is 19.1. The fourth-order valence-corrected chi connectivity index (χ4v) is 3.88. The number of nitrogens with one attached hydrogen (secondary N) is 1. The van der Waals surface area contributed by atoms with Crippen molar-refractivity contribution in [2.24, 2.45) is 11.8 Å². The number of aliphatic hydroxyl groups is 1. The number of rotatable bonds is 6. The maximum Gasteiger partial charge on any atom is 0.321 e. The Labute approximate surface area is 217 Å². The summed E-state index contributed by atoms with van der Waals surface area (Å²) in [6.07, 6.45) is 1.79. The SMILES string of the molecule is CC(C)CC#Cc1cnc2c(c1)C(=O)N([C@@H](C)CO)C[C@@H](C)[C@@H](CN(C)C(=O)Nc1cccc(F)c1)O2. The lowest BCUT2D eigenvalue weighted by molar-refractivity contribution is 0.0356. The highest BCUT2D eigenvalue weighted by Gasteiger charge is 2.34. The maximum atomic E-state index is 13.5. The summed E-state index contributed by atoms with van der Waals surface area (Å²) >= 11 is 0. The molecule has 0 unspecified atom stereocenters. The Balaban J connectivity index is 1.87. The largest absolute Gasteiger partial charge is 0.472 e. The molecule has 0 bridgehead atoms. The number of halogens is 1. The van der Waals surface area contributed by atoms with E-state index in [4.69, 9.17) is 4.74 Å². The second-order valence-electron chi connectivity index (χ2n) is 9.92. The van der Waals surface area contributed by atoms with E-state index in [0.29, 0.717) is 23.7 Å². The third-order valence-electron chi connectivity index (χ3n) is 6.14. The van der Waals surface area contributed by atoms with Gasteiger partial charge in [-0.3, -0.25) is 4.79 Å². The number of carbonyl (C=O) groups is 2. The number of aromatic nitrogens is 1. The van der Waals surface area contributed by atoms with Crippen LogP contribution in [0.2, 0.25) is 0 Å². The van der Waals surface area contributed by atoms with E-state index in [2.05, 4.69) is 36.0 Å². The molecule has 37 heavy (non-hydrogen) atoms. The van der Waals surface area contributed by atoms with Gasteiger partial charge in [0.05, 0.1) is 19.2 Å². The molecule has 3 rings (SSSR count). The second-order valence-corrected chi connectivity index (χ2v) is 9.92. The number of aliphatic hydroxyl groups excluding tert-OH is 1. The molecule has 0 saturated heterocycles. The summed E-state index contributed by atoms with van der Waals surface area (Å²) in [4.78, 5) is 33.7. The standard InChI is InChI=1S/C28H35FN4O4/c1-18(2)8-6-9-21-12-24-26(30-14-21)37-25(19(3)15-33(27(24)35)20(4)17-34)16-32(5)28(36)31-23-11-7-10-22(29)13-23/h7,10-14,18-20,25,34H,8,15-17H2,1-5H3,(H,31,36)/t19-,20+,25-/m1/s1. The van der Waals surface area contributed by atoms with Crippen LogP contribution in [0.4, 0.5) is 14.9 Å². The van der Waals surface area contributed by atoms with Crippen molar-refractivity contribution in [1.82, 2.24) is 14.8 Å². The number of fused-ring (bicyclic) bond motifs is 1. The summed E-state index contributed by atoms with van der Waals surface area (Å²) in [5.74, 6) is 5.81. The number of anilines is 1. The first-order valence-electron chi connectivity index (χ1n) is 12.4. The van der Waals surface area contributed by atoms with E-state index >= 15 is 0 Å². The zero-order chi connectivity index (χ0) is 27.1. The molecule has 0 saturated carbocycles. The first-order chi connectivity index (χ1) is 17.6. The zero-order valence-electron chi connectivity index (χ0n) is 22.0. The number of benzene rings is 1. The fraction of sp³-hybridized carbons (Fsp3) is 0.464. The molecule has 0 radical (unpaired) electrons. The Hall–Kier alpha value is -3.64. The lowest BCUT2D eigenvalue weighted by atomic mass is 10.00. The van der Waals surface area contributed by atoms with Gasteiger partial charge >= 0.3 is 6.03 Å². The number of carbonyl (C=O) groups excluding carboxylic acids is 2. The number of hydrogen-bond donors (Lipinski definition) is 2. The lowest BCUT2D eigenvalue weighted by Crippen LogP contribution is -2.50. The van der Waals surface area contributed by atoms with Crippen molar-refractivity contribution in [2.45, 2.75) is 46.3 Å². The van der Waals surface area contributed by atoms with Gasteiger partial charge in [0, 0.05) is 43.4 Å². The van der Waals surface area contributed by atoms with Crippen LogP contribution in [0.1, 0.15) is 50.0 Å². The van der Waals surface area contributed by atoms with E-state index < -0.39 is 24.0 Å². The smallest absolute Gasteiger partial charge is 0.321 e. The monoisotopic (exact) mass is 510 g/mol. The lowest BCUT2D eigenvalue weighted by Gasteiger charge is -2.37. The van der Waals surface area contributed by atoms with Gasteiger partial charge in [-0.1, -0.05) is 38.7 Å². The van der Waals surface area contributed by atoms with E-state index in [9.17, 15) is 19.1 Å². The van der Waals surface area contributed by atoms with Gasteiger partial charge in [-0.25, -0.2) is 14.2 Å². The molecule has 8 nitrogen and oxygen atoms in total. The van der Waals surface area contributed by atoms with Gasteiger partial charge in [-0.2, -0.15) is 0 Å². The van der Waals surface area contributed by atoms with Crippen molar-refractivity contribution in [1.29, 1.82) is 0 Å². The average molecular weight is 511 g/mol. The van der Waals surface area contributed by atoms with Crippen LogP contribution < -0.4 is 10.1 Å². The Morgan fingerprint density at radius 3 is 2.78 bits per heavy atom. The quantitative estimate of drug-likeness (QED) is 0.573. The number of likely N-dealkylation sites (N-methyl/N-ethyl adjacent to an activating group) is 1. The van der Waals surface area contributed by atoms with Gasteiger partial charge in [-0.15, -0.1) is 0 Å². The van der Waals surface area contributed by atoms with E-state index in [1.54, 1.807) is 37.2 Å². The van der Waals surface area contributed by atoms with E-state index in [1.165, 1.54) is 23.1 Å². The van der Waals surface area contributed by atoms with Gasteiger partial charge in [0.2, 0.25) is 5.88 Å². The van der Waals surface area contributed by atoms with Crippen molar-refractivity contribution in [3.8, 4) is 17.7 Å². The minimum atomic E-state index is -0.506. The average Bonchev–Trinajstić information content (AvgIpc) is 2.85. The predicted octanol–water partition coefficient (Wildman–Crippen LogP) is 4.00. The number of urea groups is 1. The Morgan fingerprint density at radius 1 is 1.35 bits per heavy atom. The molecule has 2 aromatic rings. The molecule has 3 atom stereocenters. The van der Waals surface area contributed by atoms with Crippen LogP contribution in [-0.4, -0.2) is 70.7 Å². The zero-order valence-corrected chi connectivity index (χ0v) is 22.0. The molecule has 1 aliphatic heterocycles. The van der Waals surface area contributed by atoms with Crippen LogP contribution in [0.15, 0.2) is 36.5 Å². The van der Waals surface area contributed by atoms with E-state index in [-0.39, 0.29) is 36.4 Å². The molecule has 0 spiro atoms. The Bertz CT molecular complexity index is 1180. The van der Waals surface area contributed by atoms with Crippen LogP contribution >= 0.6 is 0 Å². The normalized spacial score (nSPS) is 18.1. The third kappa shape index (κ3) is 7.43. The van der Waals surface area contributed by atoms with Crippen LogP contribution in [-0.2, 0) is 0 Å². The fourth-order valence-electron chi connectivity index (χ4n) is 3.88. The molecule has 9 heteroatoms. The molecule has 0 aliphatic carbocycles. The number of amides is 3. The third-order valence-corrected chi connectivity index (χ3v) is 6.14. The Kier molecular flexibility index (Phi) is 9.48. The number of nitrogens with zero attached hydrogens (tertiary/aromatic N) is 3. The van der Waals surface area contributed by atoms with Crippen molar-refractivity contribution >= 4 is 17.6 Å². The molecule has 198 valence electrons. The van der Waals surface area contributed by atoms with Crippen LogP contribution in [0.3, 0.4) is 0 Å². The molecular weight excluding hydrogens is 475 g/mol. The second kappa shape index (κ2) is 12.5. The minimum Gasteiger partial charge on any atom is -0.472 e. The Morgan fingerprint density at radius 2 is 2.11 bits per heavy atom. The number of pyridine rings is 1. The van der Waals surface area contributed by atoms with Crippen LogP contribution in [0.25, 0.3) is 0 Å². The molecule has 1 aromatic carbocycles.